The van der Waals surface area contributed by atoms with Gasteiger partial charge in [-0.25, -0.2) is 4.79 Å². The van der Waals surface area contributed by atoms with E-state index in [0.29, 0.717) is 12.0 Å². The zero-order valence-electron chi connectivity index (χ0n) is 11.4. The first-order valence-corrected chi connectivity index (χ1v) is 7.76. The van der Waals surface area contributed by atoms with Gasteiger partial charge in [0.25, 0.3) is 11.6 Å². The smallest absolute Gasteiger partial charge is 0.325 e. The number of amides is 3. The molecule has 1 aromatic carbocycles. The fourth-order valence-electron chi connectivity index (χ4n) is 2.11. The molecule has 2 rings (SSSR count). The number of thioether (sulfide) groups is 1. The second-order valence-electron chi connectivity index (χ2n) is 4.63. The molecule has 8 heteroatoms. The average molecular weight is 309 g/mol. The summed E-state index contributed by atoms with van der Waals surface area (Å²) in [5.41, 5.74) is 0.497. The van der Waals surface area contributed by atoms with Gasteiger partial charge in [0, 0.05) is 12.1 Å². The number of benzene rings is 1. The number of carbonyl (C=O) groups is 2. The van der Waals surface area contributed by atoms with E-state index in [1.165, 1.54) is 18.2 Å². The highest BCUT2D eigenvalue weighted by molar-refractivity contribution is 7.98. The zero-order chi connectivity index (χ0) is 15.4. The van der Waals surface area contributed by atoms with E-state index in [-0.39, 0.29) is 18.1 Å². The predicted octanol–water partition coefficient (Wildman–Crippen LogP) is 1.77. The van der Waals surface area contributed by atoms with Crippen LogP contribution in [0, 0.1) is 10.1 Å². The Morgan fingerprint density at radius 2 is 2.19 bits per heavy atom. The molecule has 21 heavy (non-hydrogen) atoms. The van der Waals surface area contributed by atoms with Crippen molar-refractivity contribution in [2.24, 2.45) is 0 Å². The van der Waals surface area contributed by atoms with Crippen LogP contribution in [0.15, 0.2) is 24.3 Å². The number of non-ortho nitro benzene ring substituents is 1. The predicted molar refractivity (Wildman–Crippen MR) is 79.0 cm³/mol. The zero-order valence-corrected chi connectivity index (χ0v) is 12.3. The summed E-state index contributed by atoms with van der Waals surface area (Å²) < 4.78 is 0. The van der Waals surface area contributed by atoms with Crippen molar-refractivity contribution in [3.8, 4) is 0 Å². The van der Waals surface area contributed by atoms with Gasteiger partial charge in [-0.3, -0.25) is 19.8 Å². The van der Waals surface area contributed by atoms with Gasteiger partial charge in [-0.1, -0.05) is 12.1 Å². The van der Waals surface area contributed by atoms with Gasteiger partial charge < -0.3 is 5.32 Å². The number of urea groups is 1. The number of nitro groups is 1. The molecule has 1 heterocycles. The normalized spacial score (nSPS) is 18.0. The van der Waals surface area contributed by atoms with Crippen LogP contribution in [-0.2, 0) is 11.3 Å². The maximum Gasteiger partial charge on any atom is 0.325 e. The molecule has 1 unspecified atom stereocenters. The standard InChI is InChI=1S/C13H15N3O4S/c1-21-6-5-11-12(17)15(13(18)14-11)8-9-3-2-4-10(7-9)16(19)20/h2-4,7,11H,5-6,8H2,1H3,(H,14,18). The maximum atomic E-state index is 12.1. The van der Waals surface area contributed by atoms with E-state index in [4.69, 9.17) is 0 Å². The number of nitro benzene ring substituents is 1. The van der Waals surface area contributed by atoms with Crippen molar-refractivity contribution < 1.29 is 14.5 Å². The van der Waals surface area contributed by atoms with Gasteiger partial charge in [0.2, 0.25) is 0 Å². The van der Waals surface area contributed by atoms with Crippen molar-refractivity contribution >= 4 is 29.4 Å². The summed E-state index contributed by atoms with van der Waals surface area (Å²) in [5, 5.41) is 13.4. The Hall–Kier alpha value is -2.09. The SMILES string of the molecule is CSCCC1NC(=O)N(Cc2cccc([N+](=O)[O-])c2)C1=O. The van der Waals surface area contributed by atoms with Crippen LogP contribution in [0.5, 0.6) is 0 Å². The summed E-state index contributed by atoms with van der Waals surface area (Å²) in [6.07, 6.45) is 2.51. The molecule has 0 bridgehead atoms. The molecular formula is C13H15N3O4S. The van der Waals surface area contributed by atoms with E-state index >= 15 is 0 Å². The minimum absolute atomic E-state index is 0.0438. The Kier molecular flexibility index (Phi) is 4.79. The molecule has 112 valence electrons. The van der Waals surface area contributed by atoms with E-state index in [1.54, 1.807) is 17.8 Å². The quantitative estimate of drug-likeness (QED) is 0.491. The van der Waals surface area contributed by atoms with Crippen molar-refractivity contribution in [3.63, 3.8) is 0 Å². The highest BCUT2D eigenvalue weighted by Crippen LogP contribution is 2.18. The van der Waals surface area contributed by atoms with Gasteiger partial charge in [0.05, 0.1) is 11.5 Å². The fraction of sp³-hybridized carbons (Fsp3) is 0.385. The molecule has 1 atom stereocenters. The van der Waals surface area contributed by atoms with Crippen LogP contribution in [0.25, 0.3) is 0 Å². The average Bonchev–Trinajstić information content (AvgIpc) is 2.73. The minimum atomic E-state index is -0.503. The Morgan fingerprint density at radius 3 is 2.86 bits per heavy atom. The third-order valence-corrected chi connectivity index (χ3v) is 3.82. The topological polar surface area (TPSA) is 92.6 Å². The lowest BCUT2D eigenvalue weighted by molar-refractivity contribution is -0.384. The Balaban J connectivity index is 2.09. The lowest BCUT2D eigenvalue weighted by Gasteiger charge is -2.12. The first-order valence-electron chi connectivity index (χ1n) is 6.37. The van der Waals surface area contributed by atoms with Crippen molar-refractivity contribution in [1.82, 2.24) is 10.2 Å². The number of nitrogens with one attached hydrogen (secondary N) is 1. The summed E-state index contributed by atoms with van der Waals surface area (Å²) in [5.74, 6) is 0.502. The summed E-state index contributed by atoms with van der Waals surface area (Å²) >= 11 is 1.61. The molecule has 1 aliphatic rings. The number of hydrogen-bond acceptors (Lipinski definition) is 5. The molecule has 0 saturated carbocycles. The summed E-state index contributed by atoms with van der Waals surface area (Å²) in [7, 11) is 0. The van der Waals surface area contributed by atoms with Gasteiger partial charge in [0.1, 0.15) is 6.04 Å². The molecule has 1 aliphatic heterocycles. The lowest BCUT2D eigenvalue weighted by Crippen LogP contribution is -2.31. The molecule has 1 saturated heterocycles. The van der Waals surface area contributed by atoms with Gasteiger partial charge in [0.15, 0.2) is 0 Å². The lowest BCUT2D eigenvalue weighted by atomic mass is 10.2. The van der Waals surface area contributed by atoms with Crippen molar-refractivity contribution in [1.29, 1.82) is 0 Å². The monoisotopic (exact) mass is 309 g/mol. The van der Waals surface area contributed by atoms with Crippen molar-refractivity contribution in [2.75, 3.05) is 12.0 Å². The molecule has 1 fully saturated rings. The third kappa shape index (κ3) is 3.52. The molecule has 1 N–H and O–H groups in total. The molecule has 0 aromatic heterocycles. The number of hydrogen-bond donors (Lipinski definition) is 1. The fourth-order valence-corrected chi connectivity index (χ4v) is 2.58. The van der Waals surface area contributed by atoms with E-state index < -0.39 is 17.0 Å². The second-order valence-corrected chi connectivity index (χ2v) is 5.62. The van der Waals surface area contributed by atoms with E-state index in [2.05, 4.69) is 5.32 Å². The van der Waals surface area contributed by atoms with Crippen LogP contribution in [0.4, 0.5) is 10.5 Å². The first-order chi connectivity index (χ1) is 10.0. The molecule has 3 amide bonds. The van der Waals surface area contributed by atoms with Gasteiger partial charge in [-0.15, -0.1) is 0 Å². The number of rotatable bonds is 6. The second kappa shape index (κ2) is 6.57. The van der Waals surface area contributed by atoms with Crippen molar-refractivity contribution in [3.05, 3.63) is 39.9 Å². The Labute approximate surface area is 125 Å². The van der Waals surface area contributed by atoms with Crippen LogP contribution in [-0.4, -0.2) is 39.8 Å². The van der Waals surface area contributed by atoms with Crippen LogP contribution < -0.4 is 5.32 Å². The van der Waals surface area contributed by atoms with E-state index in [0.717, 1.165) is 10.7 Å². The van der Waals surface area contributed by atoms with Crippen LogP contribution in [0.1, 0.15) is 12.0 Å². The Bertz CT molecular complexity index is 578. The minimum Gasteiger partial charge on any atom is -0.326 e. The highest BCUT2D eigenvalue weighted by atomic mass is 32.2. The third-order valence-electron chi connectivity index (χ3n) is 3.18. The van der Waals surface area contributed by atoms with Crippen molar-refractivity contribution in [2.45, 2.75) is 19.0 Å². The van der Waals surface area contributed by atoms with E-state index in [9.17, 15) is 19.7 Å². The van der Waals surface area contributed by atoms with E-state index in [1.807, 2.05) is 6.26 Å². The molecule has 0 radical (unpaired) electrons. The van der Waals surface area contributed by atoms with Gasteiger partial charge in [-0.2, -0.15) is 11.8 Å². The molecule has 7 nitrogen and oxygen atoms in total. The first kappa shape index (κ1) is 15.3. The Morgan fingerprint density at radius 1 is 1.43 bits per heavy atom. The highest BCUT2D eigenvalue weighted by Gasteiger charge is 2.37. The summed E-state index contributed by atoms with van der Waals surface area (Å²) in [6.45, 7) is 0.0438. The molecule has 0 aliphatic carbocycles. The number of carbonyl (C=O) groups excluding carboxylic acids is 2. The van der Waals surface area contributed by atoms with Gasteiger partial charge >= 0.3 is 6.03 Å². The molecular weight excluding hydrogens is 294 g/mol. The number of imide groups is 1. The van der Waals surface area contributed by atoms with Crippen LogP contribution in [0.3, 0.4) is 0 Å². The number of nitrogens with zero attached hydrogens (tertiary/aromatic N) is 2. The molecule has 1 aromatic rings. The molecule has 0 spiro atoms. The van der Waals surface area contributed by atoms with Gasteiger partial charge in [-0.05, 0) is 24.0 Å². The maximum absolute atomic E-state index is 12.1. The van der Waals surface area contributed by atoms with Crippen LogP contribution >= 0.6 is 11.8 Å². The summed E-state index contributed by atoms with van der Waals surface area (Å²) in [6, 6.07) is 4.99. The largest absolute Gasteiger partial charge is 0.326 e. The van der Waals surface area contributed by atoms with Crippen LogP contribution in [0.2, 0.25) is 0 Å². The summed E-state index contributed by atoms with van der Waals surface area (Å²) in [4.78, 5) is 35.3.